The van der Waals surface area contributed by atoms with Gasteiger partial charge in [0.05, 0.1) is 12.4 Å². The van der Waals surface area contributed by atoms with Gasteiger partial charge in [-0.3, -0.25) is 20.0 Å². The Hall–Kier alpha value is -2.52. The average molecular weight is 418 g/mol. The minimum absolute atomic E-state index is 0.113. The van der Waals surface area contributed by atoms with Crippen molar-refractivity contribution in [1.29, 1.82) is 0 Å². The molecule has 2 fully saturated rings. The third-order valence-electron chi connectivity index (χ3n) is 6.42. The number of likely N-dealkylation sites (tertiary alicyclic amines) is 1. The van der Waals surface area contributed by atoms with E-state index in [-0.39, 0.29) is 30.7 Å². The number of nitrogens with one attached hydrogen (secondary N) is 2. The van der Waals surface area contributed by atoms with E-state index in [1.165, 1.54) is 6.42 Å². The highest BCUT2D eigenvalue weighted by atomic mass is 16.3. The molecule has 0 radical (unpaired) electrons. The molecule has 1 saturated heterocycles. The lowest BCUT2D eigenvalue weighted by Gasteiger charge is -2.40. The molecule has 9 nitrogen and oxygen atoms in total. The van der Waals surface area contributed by atoms with Crippen LogP contribution in [0.2, 0.25) is 0 Å². The summed E-state index contributed by atoms with van der Waals surface area (Å²) in [5.74, 6) is 0.518. The van der Waals surface area contributed by atoms with Crippen LogP contribution in [0.15, 0.2) is 29.0 Å². The highest BCUT2D eigenvalue weighted by molar-refractivity contribution is 5.90. The molecule has 3 atom stereocenters. The van der Waals surface area contributed by atoms with Gasteiger partial charge < -0.3 is 19.7 Å². The van der Waals surface area contributed by atoms with E-state index < -0.39 is 18.2 Å². The summed E-state index contributed by atoms with van der Waals surface area (Å²) >= 11 is 0. The van der Waals surface area contributed by atoms with Crippen molar-refractivity contribution in [3.8, 4) is 0 Å². The molecule has 0 unspecified atom stereocenters. The normalized spacial score (nSPS) is 26.4. The number of carbonyl (C=O) groups is 2. The lowest BCUT2D eigenvalue weighted by atomic mass is 9.83. The second-order valence-electron chi connectivity index (χ2n) is 8.39. The number of likely N-dealkylation sites (N-methyl/N-ethyl adjacent to an activating group) is 1. The van der Waals surface area contributed by atoms with Gasteiger partial charge in [-0.05, 0) is 30.9 Å². The molecule has 0 aromatic carbocycles. The Morgan fingerprint density at radius 1 is 1.30 bits per heavy atom. The third kappa shape index (κ3) is 3.91. The van der Waals surface area contributed by atoms with Gasteiger partial charge in [0.1, 0.15) is 17.8 Å². The first-order valence-corrected chi connectivity index (χ1v) is 10.7. The molecular weight excluding hydrogens is 386 g/mol. The van der Waals surface area contributed by atoms with Crippen LogP contribution in [0, 0.1) is 5.92 Å². The quantitative estimate of drug-likeness (QED) is 0.654. The van der Waals surface area contributed by atoms with Gasteiger partial charge in [0, 0.05) is 33.3 Å². The van der Waals surface area contributed by atoms with Crippen molar-refractivity contribution in [3.63, 3.8) is 0 Å². The fraction of sp³-hybridized carbons (Fsp3) is 0.619. The predicted octanol–water partition coefficient (Wildman–Crippen LogP) is 0.902. The Kier molecular flexibility index (Phi) is 6.01. The summed E-state index contributed by atoms with van der Waals surface area (Å²) in [4.78, 5) is 27.8. The number of furan rings is 1. The van der Waals surface area contributed by atoms with Crippen LogP contribution in [0.5, 0.6) is 0 Å². The van der Waals surface area contributed by atoms with Gasteiger partial charge in [-0.15, -0.1) is 5.12 Å². The topological polar surface area (TPSA) is 101 Å². The van der Waals surface area contributed by atoms with Gasteiger partial charge in [0.25, 0.3) is 0 Å². The molecule has 2 amide bonds. The van der Waals surface area contributed by atoms with Crippen molar-refractivity contribution in [2.45, 2.75) is 56.7 Å². The van der Waals surface area contributed by atoms with Crippen molar-refractivity contribution in [1.82, 2.24) is 25.8 Å². The molecule has 0 bridgehead atoms. The molecule has 3 aliphatic rings. The van der Waals surface area contributed by atoms with Gasteiger partial charge in [-0.1, -0.05) is 19.3 Å². The van der Waals surface area contributed by atoms with Gasteiger partial charge in [-0.2, -0.15) is 0 Å². The van der Waals surface area contributed by atoms with Crippen LogP contribution in [0.3, 0.4) is 0 Å². The van der Waals surface area contributed by atoms with Crippen molar-refractivity contribution in [2.75, 3.05) is 20.6 Å². The highest BCUT2D eigenvalue weighted by Gasteiger charge is 2.46. The summed E-state index contributed by atoms with van der Waals surface area (Å²) in [6.45, 7) is 0.180. The van der Waals surface area contributed by atoms with Crippen LogP contribution >= 0.6 is 0 Å². The van der Waals surface area contributed by atoms with E-state index >= 15 is 0 Å². The van der Waals surface area contributed by atoms with Crippen LogP contribution in [-0.2, 0) is 9.59 Å². The first kappa shape index (κ1) is 20.7. The van der Waals surface area contributed by atoms with Crippen LogP contribution in [0.1, 0.15) is 44.3 Å². The molecule has 9 heteroatoms. The molecule has 4 rings (SSSR count). The smallest absolute Gasteiger partial charge is 0.248 e. The first-order chi connectivity index (χ1) is 14.5. The number of aliphatic hydroxyl groups is 1. The number of carbonyl (C=O) groups excluding carboxylic acids is 2. The number of β-amino-alcohol motifs (C(OH)–C–C–N with tert-alkyl or cyclic N) is 1. The third-order valence-corrected chi connectivity index (χ3v) is 6.42. The fourth-order valence-electron chi connectivity index (χ4n) is 4.92. The summed E-state index contributed by atoms with van der Waals surface area (Å²) in [5, 5.41) is 16.6. The Morgan fingerprint density at radius 2 is 2.07 bits per heavy atom. The summed E-state index contributed by atoms with van der Waals surface area (Å²) in [5.41, 5.74) is 4.03. The number of amides is 2. The molecular formula is C21H31N5O4. The summed E-state index contributed by atoms with van der Waals surface area (Å²) in [6.07, 6.45) is 8.39. The van der Waals surface area contributed by atoms with Crippen LogP contribution in [0.4, 0.5) is 0 Å². The second-order valence-corrected chi connectivity index (χ2v) is 8.39. The molecule has 1 aromatic heterocycles. The number of hydrogen-bond acceptors (Lipinski definition) is 7. The maximum absolute atomic E-state index is 13.8. The monoisotopic (exact) mass is 417 g/mol. The lowest BCUT2D eigenvalue weighted by molar-refractivity contribution is -0.150. The number of hydrogen-bond donors (Lipinski definition) is 3. The van der Waals surface area contributed by atoms with E-state index in [4.69, 9.17) is 4.42 Å². The van der Waals surface area contributed by atoms with E-state index in [1.54, 1.807) is 23.3 Å². The molecule has 164 valence electrons. The number of aliphatic hydroxyl groups excluding tert-OH is 1. The zero-order valence-corrected chi connectivity index (χ0v) is 17.6. The van der Waals surface area contributed by atoms with Crippen molar-refractivity contribution in [2.24, 2.45) is 5.92 Å². The molecule has 3 N–H and O–H groups in total. The van der Waals surface area contributed by atoms with Gasteiger partial charge in [0.2, 0.25) is 11.8 Å². The number of rotatable bonds is 5. The number of hydrazine groups is 2. The molecule has 0 spiro atoms. The maximum atomic E-state index is 13.8. The first-order valence-electron chi connectivity index (χ1n) is 10.7. The zero-order chi connectivity index (χ0) is 21.3. The zero-order valence-electron chi connectivity index (χ0n) is 17.6. The Labute approximate surface area is 176 Å². The van der Waals surface area contributed by atoms with Crippen LogP contribution < -0.4 is 10.7 Å². The van der Waals surface area contributed by atoms with Gasteiger partial charge in [0.15, 0.2) is 5.76 Å². The van der Waals surface area contributed by atoms with Crippen molar-refractivity contribution < 1.29 is 19.1 Å². The van der Waals surface area contributed by atoms with E-state index in [0.29, 0.717) is 5.76 Å². The Balaban J connectivity index is 1.64. The minimum Gasteiger partial charge on any atom is -0.463 e. The van der Waals surface area contributed by atoms with E-state index in [9.17, 15) is 14.7 Å². The Bertz CT molecular complexity index is 789. The highest BCUT2D eigenvalue weighted by Crippen LogP contribution is 2.34. The average Bonchev–Trinajstić information content (AvgIpc) is 3.49. The summed E-state index contributed by atoms with van der Waals surface area (Å²) in [6, 6.07) is 2.60. The second kappa shape index (κ2) is 8.69. The SMILES string of the molecule is CNC(=O)[C@@H]1C[C@@H](O)CN1C(=O)[C@@H](C1CCCCC1)N1C=C(c2ccco2)NN1C. The van der Waals surface area contributed by atoms with E-state index in [0.717, 1.165) is 31.4 Å². The molecule has 1 aromatic rings. The maximum Gasteiger partial charge on any atom is 0.248 e. The largest absolute Gasteiger partial charge is 0.463 e. The minimum atomic E-state index is -0.688. The van der Waals surface area contributed by atoms with Gasteiger partial charge >= 0.3 is 0 Å². The molecule has 30 heavy (non-hydrogen) atoms. The number of nitrogens with zero attached hydrogens (tertiary/aromatic N) is 3. The molecule has 2 aliphatic heterocycles. The predicted molar refractivity (Wildman–Crippen MR) is 110 cm³/mol. The van der Waals surface area contributed by atoms with E-state index in [1.807, 2.05) is 30.4 Å². The fourth-order valence-corrected chi connectivity index (χ4v) is 4.92. The van der Waals surface area contributed by atoms with Gasteiger partial charge in [-0.25, -0.2) is 0 Å². The lowest BCUT2D eigenvalue weighted by Crippen LogP contribution is -2.58. The Morgan fingerprint density at radius 3 is 2.73 bits per heavy atom. The summed E-state index contributed by atoms with van der Waals surface area (Å²) < 4.78 is 5.51. The standard InChI is InChI=1S/C21H31N5O4/c1-22-20(28)17-11-15(27)12-25(17)21(29)19(14-7-4-3-5-8-14)26-13-16(23-24(26)2)18-9-6-10-30-18/h6,9-10,13-15,17,19,23,27H,3-5,7-8,11-12H2,1-2H3,(H,22,28)/t15-,17+,19-/m1/s1. The van der Waals surface area contributed by atoms with Crippen molar-refractivity contribution >= 4 is 17.5 Å². The van der Waals surface area contributed by atoms with Crippen molar-refractivity contribution in [3.05, 3.63) is 30.4 Å². The van der Waals surface area contributed by atoms with E-state index in [2.05, 4.69) is 10.7 Å². The van der Waals surface area contributed by atoms with Crippen LogP contribution in [-0.4, -0.2) is 70.8 Å². The molecule has 1 saturated carbocycles. The molecule has 3 heterocycles. The van der Waals surface area contributed by atoms with Crippen LogP contribution in [0.25, 0.3) is 5.70 Å². The molecule has 1 aliphatic carbocycles. The summed E-state index contributed by atoms with van der Waals surface area (Å²) in [7, 11) is 3.43.